The fraction of sp³-hybridized carbons (Fsp3) is 0.600. The molecule has 112 valence electrons. The van der Waals surface area contributed by atoms with Crippen LogP contribution in [0.5, 0.6) is 5.75 Å². The Morgan fingerprint density at radius 1 is 1.20 bits per heavy atom. The summed E-state index contributed by atoms with van der Waals surface area (Å²) >= 11 is 0. The third-order valence-electron chi connectivity index (χ3n) is 3.41. The van der Waals surface area contributed by atoms with Crippen molar-refractivity contribution in [2.45, 2.75) is 44.9 Å². The van der Waals surface area contributed by atoms with Gasteiger partial charge in [0, 0.05) is 6.54 Å². The third kappa shape index (κ3) is 4.71. The van der Waals surface area contributed by atoms with Crippen LogP contribution >= 0.6 is 0 Å². The number of rotatable bonds is 5. The van der Waals surface area contributed by atoms with Crippen LogP contribution in [0.25, 0.3) is 0 Å². The molecule has 0 aliphatic heterocycles. The zero-order chi connectivity index (χ0) is 14.6. The molecule has 1 atom stereocenters. The van der Waals surface area contributed by atoms with Gasteiger partial charge in [0.05, 0.1) is 6.54 Å². The summed E-state index contributed by atoms with van der Waals surface area (Å²) in [6.45, 7) is 0.963. The number of ether oxygens (including phenoxy) is 1. The van der Waals surface area contributed by atoms with E-state index in [9.17, 15) is 13.2 Å². The van der Waals surface area contributed by atoms with E-state index < -0.39 is 12.7 Å². The van der Waals surface area contributed by atoms with Crippen LogP contribution in [-0.4, -0.2) is 25.4 Å². The average Bonchev–Trinajstić information content (AvgIpc) is 2.37. The molecule has 1 aliphatic rings. The van der Waals surface area contributed by atoms with Gasteiger partial charge in [0.25, 0.3) is 0 Å². The predicted molar refractivity (Wildman–Crippen MR) is 72.1 cm³/mol. The highest BCUT2D eigenvalue weighted by Crippen LogP contribution is 2.25. The van der Waals surface area contributed by atoms with Crippen molar-refractivity contribution >= 4 is 0 Å². The van der Waals surface area contributed by atoms with Gasteiger partial charge in [-0.2, -0.15) is 13.2 Å². The normalized spacial score (nSPS) is 16.6. The lowest BCUT2D eigenvalue weighted by atomic mass is 9.92. The van der Waals surface area contributed by atoms with E-state index in [1.165, 1.54) is 24.0 Å². The van der Waals surface area contributed by atoms with Crippen LogP contribution < -0.4 is 10.1 Å². The minimum atomic E-state index is -4.18. The molecule has 2 nitrogen and oxygen atoms in total. The summed E-state index contributed by atoms with van der Waals surface area (Å²) in [4.78, 5) is 0. The van der Waals surface area contributed by atoms with E-state index >= 15 is 0 Å². The molecule has 0 spiro atoms. The Bertz CT molecular complexity index is 445. The van der Waals surface area contributed by atoms with Gasteiger partial charge in [-0.25, -0.2) is 0 Å². The summed E-state index contributed by atoms with van der Waals surface area (Å²) in [6.07, 6.45) is 0.125. The molecular formula is C15H20F3NO. The van der Waals surface area contributed by atoms with Crippen molar-refractivity contribution in [2.24, 2.45) is 0 Å². The number of benzene rings is 1. The van der Waals surface area contributed by atoms with Gasteiger partial charge in [0.2, 0.25) is 0 Å². The smallest absolute Gasteiger partial charge is 0.401 e. The standard InChI is InChI=1S/C15H20F3NO/c1-11(9-19-10-15(16,17)18)20-14-7-6-12-4-2-3-5-13(12)8-14/h6-8,11,19H,2-5,9-10H2,1H3. The molecular weight excluding hydrogens is 267 g/mol. The maximum Gasteiger partial charge on any atom is 0.401 e. The van der Waals surface area contributed by atoms with Gasteiger partial charge in [-0.15, -0.1) is 0 Å². The van der Waals surface area contributed by atoms with Crippen molar-refractivity contribution in [1.29, 1.82) is 0 Å². The van der Waals surface area contributed by atoms with Crippen LogP contribution in [0.1, 0.15) is 30.9 Å². The molecule has 0 radical (unpaired) electrons. The predicted octanol–water partition coefficient (Wildman–Crippen LogP) is 3.48. The summed E-state index contributed by atoms with van der Waals surface area (Å²) in [5, 5.41) is 2.36. The van der Waals surface area contributed by atoms with Gasteiger partial charge in [-0.05, 0) is 55.9 Å². The molecule has 2 rings (SSSR count). The number of alkyl halides is 3. The highest BCUT2D eigenvalue weighted by molar-refractivity contribution is 5.37. The van der Waals surface area contributed by atoms with Crippen LogP contribution in [0.2, 0.25) is 0 Å². The third-order valence-corrected chi connectivity index (χ3v) is 3.41. The zero-order valence-electron chi connectivity index (χ0n) is 11.6. The Hall–Kier alpha value is -1.23. The molecule has 1 aromatic carbocycles. The van der Waals surface area contributed by atoms with E-state index in [2.05, 4.69) is 11.4 Å². The number of hydrogen-bond acceptors (Lipinski definition) is 2. The Balaban J connectivity index is 1.83. The monoisotopic (exact) mass is 287 g/mol. The van der Waals surface area contributed by atoms with Gasteiger partial charge in [0.1, 0.15) is 11.9 Å². The second-order valence-electron chi connectivity index (χ2n) is 5.31. The summed E-state index contributed by atoms with van der Waals surface area (Å²) in [7, 11) is 0. The second kappa shape index (κ2) is 6.48. The topological polar surface area (TPSA) is 21.3 Å². The lowest BCUT2D eigenvalue weighted by Gasteiger charge is -2.20. The molecule has 0 bridgehead atoms. The minimum absolute atomic E-state index is 0.177. The van der Waals surface area contributed by atoms with Crippen molar-refractivity contribution in [2.75, 3.05) is 13.1 Å². The van der Waals surface area contributed by atoms with E-state index in [4.69, 9.17) is 4.74 Å². The Morgan fingerprint density at radius 3 is 2.60 bits per heavy atom. The molecule has 5 heteroatoms. The van der Waals surface area contributed by atoms with E-state index in [0.717, 1.165) is 18.6 Å². The second-order valence-corrected chi connectivity index (χ2v) is 5.31. The first-order valence-corrected chi connectivity index (χ1v) is 7.00. The average molecular weight is 287 g/mol. The Kier molecular flexibility index (Phi) is 4.91. The molecule has 0 aromatic heterocycles. The quantitative estimate of drug-likeness (QED) is 0.895. The van der Waals surface area contributed by atoms with Crippen LogP contribution in [0.4, 0.5) is 13.2 Å². The maximum atomic E-state index is 12.0. The number of fused-ring (bicyclic) bond motifs is 1. The number of aryl methyl sites for hydroxylation is 2. The minimum Gasteiger partial charge on any atom is -0.489 e. The molecule has 0 amide bonds. The van der Waals surface area contributed by atoms with Crippen LogP contribution in [0, 0.1) is 0 Å². The van der Waals surface area contributed by atoms with Crippen molar-refractivity contribution < 1.29 is 17.9 Å². The lowest BCUT2D eigenvalue weighted by molar-refractivity contribution is -0.125. The molecule has 0 saturated heterocycles. The molecule has 0 saturated carbocycles. The van der Waals surface area contributed by atoms with Gasteiger partial charge in [0.15, 0.2) is 0 Å². The van der Waals surface area contributed by atoms with E-state index in [-0.39, 0.29) is 12.6 Å². The largest absolute Gasteiger partial charge is 0.489 e. The first kappa shape index (κ1) is 15.2. The SMILES string of the molecule is CC(CNCC(F)(F)F)Oc1ccc2c(c1)CCCC2. The van der Waals surface area contributed by atoms with Crippen molar-refractivity contribution in [3.63, 3.8) is 0 Å². The number of hydrogen-bond donors (Lipinski definition) is 1. The maximum absolute atomic E-state index is 12.0. The molecule has 0 fully saturated rings. The first-order valence-electron chi connectivity index (χ1n) is 7.00. The van der Waals surface area contributed by atoms with Gasteiger partial charge in [-0.3, -0.25) is 0 Å². The summed E-state index contributed by atoms with van der Waals surface area (Å²) in [5.74, 6) is 0.743. The van der Waals surface area contributed by atoms with Crippen molar-refractivity contribution in [3.05, 3.63) is 29.3 Å². The van der Waals surface area contributed by atoms with Crippen LogP contribution in [0.3, 0.4) is 0 Å². The highest BCUT2D eigenvalue weighted by Gasteiger charge is 2.26. The van der Waals surface area contributed by atoms with Crippen LogP contribution in [-0.2, 0) is 12.8 Å². The molecule has 0 heterocycles. The molecule has 1 aliphatic carbocycles. The van der Waals surface area contributed by atoms with E-state index in [1.54, 1.807) is 6.92 Å². The van der Waals surface area contributed by atoms with E-state index in [0.29, 0.717) is 0 Å². The van der Waals surface area contributed by atoms with E-state index in [1.807, 2.05) is 12.1 Å². The zero-order valence-corrected chi connectivity index (χ0v) is 11.6. The molecule has 20 heavy (non-hydrogen) atoms. The summed E-state index contributed by atoms with van der Waals surface area (Å²) in [5.41, 5.74) is 2.68. The molecule has 1 aromatic rings. The van der Waals surface area contributed by atoms with Gasteiger partial charge < -0.3 is 10.1 Å². The lowest BCUT2D eigenvalue weighted by Crippen LogP contribution is -2.35. The number of halogens is 3. The first-order chi connectivity index (χ1) is 9.44. The Labute approximate surface area is 117 Å². The Morgan fingerprint density at radius 2 is 1.90 bits per heavy atom. The fourth-order valence-corrected chi connectivity index (χ4v) is 2.47. The number of nitrogens with one attached hydrogen (secondary N) is 1. The van der Waals surface area contributed by atoms with Crippen molar-refractivity contribution in [3.8, 4) is 5.75 Å². The fourth-order valence-electron chi connectivity index (χ4n) is 2.47. The highest BCUT2D eigenvalue weighted by atomic mass is 19.4. The van der Waals surface area contributed by atoms with Crippen LogP contribution in [0.15, 0.2) is 18.2 Å². The van der Waals surface area contributed by atoms with Crippen molar-refractivity contribution in [1.82, 2.24) is 5.32 Å². The summed E-state index contributed by atoms with van der Waals surface area (Å²) in [6, 6.07) is 6.00. The summed E-state index contributed by atoms with van der Waals surface area (Å²) < 4.78 is 41.7. The molecule has 1 N–H and O–H groups in total. The van der Waals surface area contributed by atoms with Gasteiger partial charge >= 0.3 is 6.18 Å². The van der Waals surface area contributed by atoms with Gasteiger partial charge in [-0.1, -0.05) is 6.07 Å². The molecule has 1 unspecified atom stereocenters.